The maximum Gasteiger partial charge on any atom is 0.114 e. The number of ether oxygens (including phenoxy) is 2. The molecule has 5 nitrogen and oxygen atoms in total. The first-order valence-electron chi connectivity index (χ1n) is 4.96. The Balaban J connectivity index is 4.06. The van der Waals surface area contributed by atoms with E-state index in [2.05, 4.69) is 11.0 Å². The third kappa shape index (κ3) is 7.28. The summed E-state index contributed by atoms with van der Waals surface area (Å²) in [4.78, 5) is 2.07. The average Bonchev–Trinajstić information content (AvgIpc) is 2.22. The van der Waals surface area contributed by atoms with Crippen molar-refractivity contribution in [2.24, 2.45) is 5.73 Å². The first-order valence-corrected chi connectivity index (χ1v) is 4.96. The van der Waals surface area contributed by atoms with E-state index in [1.54, 1.807) is 21.1 Å². The molecule has 0 heterocycles. The van der Waals surface area contributed by atoms with Gasteiger partial charge in [0.1, 0.15) is 5.54 Å². The van der Waals surface area contributed by atoms with Crippen LogP contribution in [0.5, 0.6) is 0 Å². The van der Waals surface area contributed by atoms with Crippen LogP contribution in [0.15, 0.2) is 0 Å². The zero-order valence-corrected chi connectivity index (χ0v) is 9.82. The largest absolute Gasteiger partial charge is 0.383 e. The SMILES string of the molecule is COCCN(CCOC)CC(C)(N)C#N. The highest BCUT2D eigenvalue weighted by atomic mass is 16.5. The fraction of sp³-hybridized carbons (Fsp3) is 0.900. The van der Waals surface area contributed by atoms with Crippen LogP contribution in [-0.2, 0) is 9.47 Å². The number of nitrogens with two attached hydrogens (primary N) is 1. The van der Waals surface area contributed by atoms with Crippen molar-refractivity contribution in [3.8, 4) is 6.07 Å². The number of nitrogens with zero attached hydrogens (tertiary/aromatic N) is 2. The number of nitriles is 1. The topological polar surface area (TPSA) is 71.5 Å². The molecule has 0 aliphatic rings. The molecule has 0 fully saturated rings. The molecule has 0 aromatic carbocycles. The highest BCUT2D eigenvalue weighted by molar-refractivity contribution is 5.02. The van der Waals surface area contributed by atoms with Crippen LogP contribution in [0.4, 0.5) is 0 Å². The fourth-order valence-electron chi connectivity index (χ4n) is 1.21. The Morgan fingerprint density at radius 1 is 1.27 bits per heavy atom. The molecule has 0 aliphatic carbocycles. The predicted molar refractivity (Wildman–Crippen MR) is 58.4 cm³/mol. The van der Waals surface area contributed by atoms with Gasteiger partial charge in [0.25, 0.3) is 0 Å². The minimum atomic E-state index is -0.818. The minimum absolute atomic E-state index is 0.524. The molecular formula is C10H21N3O2. The van der Waals surface area contributed by atoms with Gasteiger partial charge < -0.3 is 15.2 Å². The van der Waals surface area contributed by atoms with Gasteiger partial charge in [-0.15, -0.1) is 0 Å². The molecular weight excluding hydrogens is 194 g/mol. The molecule has 1 unspecified atom stereocenters. The Morgan fingerprint density at radius 3 is 2.07 bits per heavy atom. The minimum Gasteiger partial charge on any atom is -0.383 e. The van der Waals surface area contributed by atoms with Crippen LogP contribution in [0.1, 0.15) is 6.92 Å². The Hall–Kier alpha value is -0.670. The monoisotopic (exact) mass is 215 g/mol. The molecule has 0 saturated heterocycles. The molecule has 5 heteroatoms. The van der Waals surface area contributed by atoms with E-state index in [0.29, 0.717) is 19.8 Å². The van der Waals surface area contributed by atoms with Crippen molar-refractivity contribution in [1.82, 2.24) is 4.90 Å². The molecule has 0 saturated carbocycles. The first kappa shape index (κ1) is 14.3. The predicted octanol–water partition coefficient (Wildman–Crippen LogP) is -0.178. The molecule has 2 N–H and O–H groups in total. The van der Waals surface area contributed by atoms with Gasteiger partial charge in [0, 0.05) is 33.9 Å². The Morgan fingerprint density at radius 2 is 1.73 bits per heavy atom. The van der Waals surface area contributed by atoms with Crippen LogP contribution in [0.25, 0.3) is 0 Å². The summed E-state index contributed by atoms with van der Waals surface area (Å²) in [6, 6.07) is 2.08. The van der Waals surface area contributed by atoms with Gasteiger partial charge in [-0.1, -0.05) is 0 Å². The lowest BCUT2D eigenvalue weighted by molar-refractivity contribution is 0.106. The standard InChI is InChI=1S/C10H21N3O2/c1-10(12,8-11)9-13(4-6-14-2)5-7-15-3/h4-7,9,12H2,1-3H3. The van der Waals surface area contributed by atoms with Crippen LogP contribution in [0, 0.1) is 11.3 Å². The van der Waals surface area contributed by atoms with Crippen molar-refractivity contribution >= 4 is 0 Å². The lowest BCUT2D eigenvalue weighted by Crippen LogP contribution is -2.48. The second-order valence-electron chi connectivity index (χ2n) is 3.79. The molecule has 0 rings (SSSR count). The lowest BCUT2D eigenvalue weighted by atomic mass is 10.1. The van der Waals surface area contributed by atoms with Crippen molar-refractivity contribution in [2.45, 2.75) is 12.5 Å². The normalized spacial score (nSPS) is 14.9. The van der Waals surface area contributed by atoms with Crippen molar-refractivity contribution in [3.63, 3.8) is 0 Å². The van der Waals surface area contributed by atoms with Gasteiger partial charge in [0.2, 0.25) is 0 Å². The van der Waals surface area contributed by atoms with Gasteiger partial charge in [0.05, 0.1) is 19.3 Å². The maximum atomic E-state index is 8.83. The van der Waals surface area contributed by atoms with Crippen LogP contribution >= 0.6 is 0 Å². The summed E-state index contributed by atoms with van der Waals surface area (Å²) in [6.45, 7) is 5.02. The van der Waals surface area contributed by atoms with Crippen molar-refractivity contribution in [2.75, 3.05) is 47.1 Å². The summed E-state index contributed by atoms with van der Waals surface area (Å²) in [5.41, 5.74) is 4.96. The van der Waals surface area contributed by atoms with Crippen LogP contribution in [-0.4, -0.2) is 57.5 Å². The second kappa shape index (κ2) is 7.60. The molecule has 0 bridgehead atoms. The summed E-state index contributed by atoms with van der Waals surface area (Å²) in [6.07, 6.45) is 0. The summed E-state index contributed by atoms with van der Waals surface area (Å²) >= 11 is 0. The van der Waals surface area contributed by atoms with Gasteiger partial charge in [-0.05, 0) is 6.92 Å². The van der Waals surface area contributed by atoms with Gasteiger partial charge in [-0.2, -0.15) is 5.26 Å². The van der Waals surface area contributed by atoms with Crippen LogP contribution < -0.4 is 5.73 Å². The number of methoxy groups -OCH3 is 2. The fourth-order valence-corrected chi connectivity index (χ4v) is 1.21. The first-order chi connectivity index (χ1) is 7.05. The number of rotatable bonds is 8. The van der Waals surface area contributed by atoms with Crippen molar-refractivity contribution in [1.29, 1.82) is 5.26 Å². The Bertz CT molecular complexity index is 193. The average molecular weight is 215 g/mol. The molecule has 0 radical (unpaired) electrons. The van der Waals surface area contributed by atoms with Crippen molar-refractivity contribution < 1.29 is 9.47 Å². The smallest absolute Gasteiger partial charge is 0.114 e. The van der Waals surface area contributed by atoms with Gasteiger partial charge in [-0.3, -0.25) is 4.90 Å². The van der Waals surface area contributed by atoms with E-state index in [0.717, 1.165) is 13.1 Å². The summed E-state index contributed by atoms with van der Waals surface area (Å²) in [5, 5.41) is 8.83. The second-order valence-corrected chi connectivity index (χ2v) is 3.79. The Labute approximate surface area is 91.7 Å². The maximum absolute atomic E-state index is 8.83. The molecule has 1 atom stereocenters. The van der Waals surface area contributed by atoms with Crippen LogP contribution in [0.2, 0.25) is 0 Å². The number of hydrogen-bond donors (Lipinski definition) is 1. The van der Waals surface area contributed by atoms with E-state index >= 15 is 0 Å². The third-order valence-electron chi connectivity index (χ3n) is 2.03. The summed E-state index contributed by atoms with van der Waals surface area (Å²) in [5.74, 6) is 0. The van der Waals surface area contributed by atoms with Crippen LogP contribution in [0.3, 0.4) is 0 Å². The summed E-state index contributed by atoms with van der Waals surface area (Å²) in [7, 11) is 3.31. The molecule has 88 valence electrons. The molecule has 0 aliphatic heterocycles. The molecule has 15 heavy (non-hydrogen) atoms. The quantitative estimate of drug-likeness (QED) is 0.608. The zero-order chi connectivity index (χ0) is 11.7. The van der Waals surface area contributed by atoms with E-state index in [-0.39, 0.29) is 0 Å². The van der Waals surface area contributed by atoms with E-state index in [1.807, 2.05) is 0 Å². The van der Waals surface area contributed by atoms with Gasteiger partial charge in [-0.25, -0.2) is 0 Å². The zero-order valence-electron chi connectivity index (χ0n) is 9.82. The highest BCUT2D eigenvalue weighted by Crippen LogP contribution is 2.01. The third-order valence-corrected chi connectivity index (χ3v) is 2.03. The van der Waals surface area contributed by atoms with Gasteiger partial charge >= 0.3 is 0 Å². The van der Waals surface area contributed by atoms with E-state index < -0.39 is 5.54 Å². The summed E-state index contributed by atoms with van der Waals surface area (Å²) < 4.78 is 9.99. The van der Waals surface area contributed by atoms with E-state index in [1.165, 1.54) is 0 Å². The van der Waals surface area contributed by atoms with Gasteiger partial charge in [0.15, 0.2) is 0 Å². The molecule has 0 aromatic heterocycles. The van der Waals surface area contributed by atoms with E-state index in [9.17, 15) is 0 Å². The molecule has 0 spiro atoms. The molecule has 0 aromatic rings. The Kier molecular flexibility index (Phi) is 7.26. The number of hydrogen-bond acceptors (Lipinski definition) is 5. The lowest BCUT2D eigenvalue weighted by Gasteiger charge is -2.27. The molecule has 0 amide bonds. The highest BCUT2D eigenvalue weighted by Gasteiger charge is 2.21. The van der Waals surface area contributed by atoms with Crippen molar-refractivity contribution in [3.05, 3.63) is 0 Å². The van der Waals surface area contributed by atoms with E-state index in [4.69, 9.17) is 20.5 Å².